The maximum absolute atomic E-state index is 6.49. The standard InChI is InChI=1S/C17H28ClN3/c1-4-8-20-9-11-21(12-10-20)17-15(13-19-14(2)3)6-5-7-16(17)18/h5-7,14,19H,4,8-13H2,1-3H3. The predicted molar refractivity (Wildman–Crippen MR) is 92.4 cm³/mol. The summed E-state index contributed by atoms with van der Waals surface area (Å²) in [5, 5.41) is 4.38. The second-order valence-electron chi connectivity index (χ2n) is 6.11. The van der Waals surface area contributed by atoms with E-state index in [0.717, 1.165) is 37.7 Å². The lowest BCUT2D eigenvalue weighted by atomic mass is 10.1. The minimum atomic E-state index is 0.484. The summed E-state index contributed by atoms with van der Waals surface area (Å²) in [5.74, 6) is 0. The van der Waals surface area contributed by atoms with Crippen molar-refractivity contribution in [1.82, 2.24) is 10.2 Å². The van der Waals surface area contributed by atoms with Gasteiger partial charge in [0.25, 0.3) is 0 Å². The lowest BCUT2D eigenvalue weighted by Gasteiger charge is -2.37. The number of nitrogens with zero attached hydrogens (tertiary/aromatic N) is 2. The number of halogens is 1. The van der Waals surface area contributed by atoms with E-state index < -0.39 is 0 Å². The van der Waals surface area contributed by atoms with E-state index in [9.17, 15) is 0 Å². The highest BCUT2D eigenvalue weighted by Gasteiger charge is 2.20. The molecule has 1 aliphatic rings. The molecule has 0 aliphatic carbocycles. The summed E-state index contributed by atoms with van der Waals surface area (Å²) < 4.78 is 0. The van der Waals surface area contributed by atoms with E-state index in [2.05, 4.69) is 48.0 Å². The first kappa shape index (κ1) is 16.6. The molecule has 0 unspecified atom stereocenters. The number of rotatable bonds is 6. The molecule has 0 atom stereocenters. The molecule has 1 aromatic carbocycles. The minimum Gasteiger partial charge on any atom is -0.368 e. The van der Waals surface area contributed by atoms with E-state index in [4.69, 9.17) is 11.6 Å². The molecule has 1 heterocycles. The van der Waals surface area contributed by atoms with Crippen LogP contribution in [-0.4, -0.2) is 43.7 Å². The van der Waals surface area contributed by atoms with Gasteiger partial charge in [-0.1, -0.05) is 44.5 Å². The molecule has 1 aliphatic heterocycles. The van der Waals surface area contributed by atoms with Crippen LogP contribution in [-0.2, 0) is 6.54 Å². The van der Waals surface area contributed by atoms with Crippen molar-refractivity contribution >= 4 is 17.3 Å². The lowest BCUT2D eigenvalue weighted by Crippen LogP contribution is -2.47. The van der Waals surface area contributed by atoms with E-state index in [1.54, 1.807) is 0 Å². The molecular weight excluding hydrogens is 282 g/mol. The molecule has 0 bridgehead atoms. The van der Waals surface area contributed by atoms with Crippen molar-refractivity contribution < 1.29 is 0 Å². The van der Waals surface area contributed by atoms with Gasteiger partial charge in [-0.2, -0.15) is 0 Å². The third-order valence-electron chi connectivity index (χ3n) is 4.00. The van der Waals surface area contributed by atoms with Crippen molar-refractivity contribution in [3.8, 4) is 0 Å². The maximum atomic E-state index is 6.49. The van der Waals surface area contributed by atoms with Crippen molar-refractivity contribution in [1.29, 1.82) is 0 Å². The summed E-state index contributed by atoms with van der Waals surface area (Å²) >= 11 is 6.49. The number of piperazine rings is 1. The van der Waals surface area contributed by atoms with Crippen molar-refractivity contribution in [3.63, 3.8) is 0 Å². The van der Waals surface area contributed by atoms with E-state index in [1.807, 2.05) is 6.07 Å². The van der Waals surface area contributed by atoms with Gasteiger partial charge in [0, 0.05) is 38.8 Å². The molecule has 3 nitrogen and oxygen atoms in total. The zero-order chi connectivity index (χ0) is 15.2. The highest BCUT2D eigenvalue weighted by atomic mass is 35.5. The van der Waals surface area contributed by atoms with Crippen LogP contribution < -0.4 is 10.2 Å². The largest absolute Gasteiger partial charge is 0.368 e. The first-order valence-corrected chi connectivity index (χ1v) is 8.47. The Kier molecular flexibility index (Phi) is 6.34. The lowest BCUT2D eigenvalue weighted by molar-refractivity contribution is 0.258. The Morgan fingerprint density at radius 3 is 2.52 bits per heavy atom. The molecule has 2 rings (SSSR count). The molecule has 118 valence electrons. The van der Waals surface area contributed by atoms with Gasteiger partial charge in [0.05, 0.1) is 10.7 Å². The topological polar surface area (TPSA) is 18.5 Å². The molecule has 21 heavy (non-hydrogen) atoms. The Bertz CT molecular complexity index is 440. The summed E-state index contributed by atoms with van der Waals surface area (Å²) in [6.45, 7) is 13.1. The summed E-state index contributed by atoms with van der Waals surface area (Å²) in [6, 6.07) is 6.73. The first-order valence-electron chi connectivity index (χ1n) is 8.10. The molecule has 0 amide bonds. The van der Waals surface area contributed by atoms with Crippen LogP contribution >= 0.6 is 11.6 Å². The molecule has 0 radical (unpaired) electrons. The highest BCUT2D eigenvalue weighted by molar-refractivity contribution is 6.33. The minimum absolute atomic E-state index is 0.484. The van der Waals surface area contributed by atoms with Crippen LogP contribution in [0.3, 0.4) is 0 Å². The van der Waals surface area contributed by atoms with E-state index >= 15 is 0 Å². The number of nitrogens with one attached hydrogen (secondary N) is 1. The Balaban J connectivity index is 2.08. The number of para-hydroxylation sites is 1. The molecular formula is C17H28ClN3. The van der Waals surface area contributed by atoms with Gasteiger partial charge in [0.15, 0.2) is 0 Å². The Labute approximate surface area is 134 Å². The Morgan fingerprint density at radius 2 is 1.90 bits per heavy atom. The number of hydrogen-bond acceptors (Lipinski definition) is 3. The normalized spacial score (nSPS) is 16.7. The molecule has 0 saturated carbocycles. The van der Waals surface area contributed by atoms with Crippen LogP contribution in [0.4, 0.5) is 5.69 Å². The molecule has 0 aromatic heterocycles. The molecule has 0 spiro atoms. The fourth-order valence-corrected chi connectivity index (χ4v) is 3.20. The Hall–Kier alpha value is -0.770. The van der Waals surface area contributed by atoms with E-state index in [-0.39, 0.29) is 0 Å². The van der Waals surface area contributed by atoms with Gasteiger partial charge < -0.3 is 10.2 Å². The number of benzene rings is 1. The van der Waals surface area contributed by atoms with Gasteiger partial charge in [0.2, 0.25) is 0 Å². The van der Waals surface area contributed by atoms with Crippen LogP contribution in [0, 0.1) is 0 Å². The van der Waals surface area contributed by atoms with Gasteiger partial charge >= 0.3 is 0 Å². The predicted octanol–water partition coefficient (Wildman–Crippen LogP) is 3.37. The second-order valence-corrected chi connectivity index (χ2v) is 6.52. The quantitative estimate of drug-likeness (QED) is 0.869. The molecule has 1 N–H and O–H groups in total. The summed E-state index contributed by atoms with van der Waals surface area (Å²) in [5.41, 5.74) is 2.53. The van der Waals surface area contributed by atoms with Gasteiger partial charge in [-0.3, -0.25) is 4.90 Å². The van der Waals surface area contributed by atoms with E-state index in [0.29, 0.717) is 6.04 Å². The average Bonchev–Trinajstić information content (AvgIpc) is 2.46. The van der Waals surface area contributed by atoms with Gasteiger partial charge in [-0.25, -0.2) is 0 Å². The summed E-state index contributed by atoms with van der Waals surface area (Å²) in [7, 11) is 0. The van der Waals surface area contributed by atoms with Gasteiger partial charge in [0.1, 0.15) is 0 Å². The molecule has 1 saturated heterocycles. The third-order valence-corrected chi connectivity index (χ3v) is 4.30. The van der Waals surface area contributed by atoms with Crippen molar-refractivity contribution in [3.05, 3.63) is 28.8 Å². The third kappa shape index (κ3) is 4.60. The molecule has 4 heteroatoms. The molecule has 1 aromatic rings. The zero-order valence-corrected chi connectivity index (χ0v) is 14.3. The SMILES string of the molecule is CCCN1CCN(c2c(Cl)cccc2CNC(C)C)CC1. The van der Waals surface area contributed by atoms with Crippen molar-refractivity contribution in [2.75, 3.05) is 37.6 Å². The maximum Gasteiger partial charge on any atom is 0.0642 e. The van der Waals surface area contributed by atoms with Gasteiger partial charge in [-0.05, 0) is 24.6 Å². The second kappa shape index (κ2) is 8.02. The zero-order valence-electron chi connectivity index (χ0n) is 13.5. The highest BCUT2D eigenvalue weighted by Crippen LogP contribution is 2.30. The fraction of sp³-hybridized carbons (Fsp3) is 0.647. The molecule has 1 fully saturated rings. The average molecular weight is 310 g/mol. The summed E-state index contributed by atoms with van der Waals surface area (Å²) in [4.78, 5) is 4.99. The number of hydrogen-bond donors (Lipinski definition) is 1. The Morgan fingerprint density at radius 1 is 1.19 bits per heavy atom. The van der Waals surface area contributed by atoms with Crippen molar-refractivity contribution in [2.45, 2.75) is 39.8 Å². The fourth-order valence-electron chi connectivity index (χ4n) is 2.88. The smallest absolute Gasteiger partial charge is 0.0642 e. The van der Waals surface area contributed by atoms with E-state index in [1.165, 1.54) is 24.2 Å². The van der Waals surface area contributed by atoms with Crippen LogP contribution in [0.15, 0.2) is 18.2 Å². The van der Waals surface area contributed by atoms with Crippen LogP contribution in [0.1, 0.15) is 32.8 Å². The summed E-state index contributed by atoms with van der Waals surface area (Å²) in [6.07, 6.45) is 1.23. The monoisotopic (exact) mass is 309 g/mol. The van der Waals surface area contributed by atoms with Crippen LogP contribution in [0.25, 0.3) is 0 Å². The van der Waals surface area contributed by atoms with Crippen LogP contribution in [0.2, 0.25) is 5.02 Å². The van der Waals surface area contributed by atoms with Gasteiger partial charge in [-0.15, -0.1) is 0 Å². The first-order chi connectivity index (χ1) is 10.1. The van der Waals surface area contributed by atoms with Crippen LogP contribution in [0.5, 0.6) is 0 Å². The van der Waals surface area contributed by atoms with Crippen molar-refractivity contribution in [2.24, 2.45) is 0 Å². The number of anilines is 1.